The molecule has 0 heterocycles. The highest BCUT2D eigenvalue weighted by Crippen LogP contribution is 2.15. The number of alkyl carbamates (subject to hydrolysis) is 1. The van der Waals surface area contributed by atoms with Crippen LogP contribution < -0.4 is 5.32 Å². The molecule has 0 atom stereocenters. The number of hydrogen-bond donors (Lipinski definition) is 1. The minimum Gasteiger partial charge on any atom is -0.463 e. The van der Waals surface area contributed by atoms with E-state index < -0.39 is 17.2 Å². The van der Waals surface area contributed by atoms with E-state index in [9.17, 15) is 14.4 Å². The van der Waals surface area contributed by atoms with E-state index in [-0.39, 0.29) is 25.2 Å². The van der Waals surface area contributed by atoms with E-state index >= 15 is 0 Å². The molecule has 0 bridgehead atoms. The number of nitrogens with one attached hydrogen (secondary N) is 1. The third-order valence-corrected chi connectivity index (χ3v) is 6.88. The van der Waals surface area contributed by atoms with Crippen molar-refractivity contribution >= 4 is 18.0 Å². The number of esters is 2. The second-order valence-electron chi connectivity index (χ2n) is 12.7. The molecule has 0 spiro atoms. The molecule has 236 valence electrons. The van der Waals surface area contributed by atoms with E-state index in [4.69, 9.17) is 14.2 Å². The lowest BCUT2D eigenvalue weighted by atomic mass is 10.1. The molecule has 0 radical (unpaired) electrons. The van der Waals surface area contributed by atoms with Crippen molar-refractivity contribution in [1.82, 2.24) is 5.32 Å². The first-order chi connectivity index (χ1) is 19.0. The predicted octanol–water partition coefficient (Wildman–Crippen LogP) is 9.20. The number of rotatable bonds is 25. The number of hydrogen-bond acceptors (Lipinski definition) is 6. The van der Waals surface area contributed by atoms with Crippen molar-refractivity contribution in [3.05, 3.63) is 0 Å². The van der Waals surface area contributed by atoms with Crippen molar-refractivity contribution in [3.8, 4) is 0 Å². The Morgan fingerprint density at radius 2 is 0.850 bits per heavy atom. The Kier molecular flexibility index (Phi) is 22.8. The van der Waals surface area contributed by atoms with Gasteiger partial charge in [-0.2, -0.15) is 0 Å². The average molecular weight is 570 g/mol. The Hall–Kier alpha value is -1.79. The molecule has 1 amide bonds. The molecule has 1 N–H and O–H groups in total. The zero-order valence-electron chi connectivity index (χ0n) is 27.0. The number of unbranched alkanes of at least 4 members (excludes halogenated alkanes) is 16. The van der Waals surface area contributed by atoms with Crippen LogP contribution in [0, 0.1) is 0 Å². The van der Waals surface area contributed by atoms with Gasteiger partial charge in [-0.15, -0.1) is 0 Å². The summed E-state index contributed by atoms with van der Waals surface area (Å²) in [6.45, 7) is 11.3. The second-order valence-corrected chi connectivity index (χ2v) is 12.7. The van der Waals surface area contributed by atoms with Crippen LogP contribution in [0.2, 0.25) is 0 Å². The van der Waals surface area contributed by atoms with Gasteiger partial charge >= 0.3 is 18.0 Å². The molecular weight excluding hydrogens is 506 g/mol. The van der Waals surface area contributed by atoms with Crippen LogP contribution in [-0.2, 0) is 23.8 Å². The third-order valence-electron chi connectivity index (χ3n) is 6.88. The van der Waals surface area contributed by atoms with Crippen LogP contribution in [0.15, 0.2) is 0 Å². The fourth-order valence-electron chi connectivity index (χ4n) is 4.45. The van der Waals surface area contributed by atoms with E-state index in [2.05, 4.69) is 19.2 Å². The molecule has 0 fully saturated rings. The molecule has 0 aromatic rings. The van der Waals surface area contributed by atoms with Gasteiger partial charge in [0.2, 0.25) is 0 Å². The lowest BCUT2D eigenvalue weighted by Crippen LogP contribution is -2.54. The Bertz CT molecular complexity index is 620. The van der Waals surface area contributed by atoms with Crippen molar-refractivity contribution in [2.24, 2.45) is 0 Å². The van der Waals surface area contributed by atoms with Gasteiger partial charge in [-0.05, 0) is 40.5 Å². The van der Waals surface area contributed by atoms with Crippen LogP contribution in [0.1, 0.15) is 170 Å². The maximum absolute atomic E-state index is 12.5. The molecule has 0 aliphatic carbocycles. The quantitative estimate of drug-likeness (QED) is 0.0669. The zero-order chi connectivity index (χ0) is 30.1. The van der Waals surface area contributed by atoms with E-state index in [1.807, 2.05) is 0 Å². The maximum atomic E-state index is 12.5. The minimum absolute atomic E-state index is 0.0895. The highest BCUT2D eigenvalue weighted by Gasteiger charge is 2.32. The van der Waals surface area contributed by atoms with E-state index in [1.54, 1.807) is 27.7 Å². The Morgan fingerprint density at radius 3 is 1.18 bits per heavy atom. The first-order valence-corrected chi connectivity index (χ1v) is 16.3. The first-order valence-electron chi connectivity index (χ1n) is 16.3. The largest absolute Gasteiger partial charge is 0.463 e. The molecule has 7 heteroatoms. The molecule has 0 aromatic carbocycles. The Balaban J connectivity index is 4.44. The Labute approximate surface area is 246 Å². The first kappa shape index (κ1) is 38.2. The van der Waals surface area contributed by atoms with E-state index in [0.717, 1.165) is 38.5 Å². The fourth-order valence-corrected chi connectivity index (χ4v) is 4.45. The number of ether oxygens (including phenoxy) is 3. The van der Waals surface area contributed by atoms with Gasteiger partial charge in [-0.1, -0.05) is 117 Å². The van der Waals surface area contributed by atoms with Crippen LogP contribution in [0.4, 0.5) is 4.79 Å². The molecule has 0 unspecified atom stereocenters. The Morgan fingerprint density at radius 1 is 0.525 bits per heavy atom. The molecule has 0 saturated heterocycles. The number of carbonyl (C=O) groups excluding carboxylic acids is 3. The van der Waals surface area contributed by atoms with Gasteiger partial charge in [0.25, 0.3) is 0 Å². The summed E-state index contributed by atoms with van der Waals surface area (Å²) in [5.74, 6) is -0.609. The summed E-state index contributed by atoms with van der Waals surface area (Å²) in [5.41, 5.74) is -1.75. The lowest BCUT2D eigenvalue weighted by molar-refractivity contribution is -0.150. The molecule has 0 aliphatic heterocycles. The van der Waals surface area contributed by atoms with Gasteiger partial charge in [0.1, 0.15) is 24.4 Å². The summed E-state index contributed by atoms with van der Waals surface area (Å²) in [7, 11) is 0. The smallest absolute Gasteiger partial charge is 0.408 e. The van der Waals surface area contributed by atoms with Crippen molar-refractivity contribution < 1.29 is 28.6 Å². The van der Waals surface area contributed by atoms with Gasteiger partial charge < -0.3 is 19.5 Å². The van der Waals surface area contributed by atoms with Gasteiger partial charge in [-0.25, -0.2) is 4.79 Å². The van der Waals surface area contributed by atoms with Crippen molar-refractivity contribution in [3.63, 3.8) is 0 Å². The summed E-state index contributed by atoms with van der Waals surface area (Å²) in [5, 5.41) is 2.75. The molecular formula is C33H63NO6. The highest BCUT2D eigenvalue weighted by molar-refractivity contribution is 5.71. The number of amides is 1. The molecule has 40 heavy (non-hydrogen) atoms. The summed E-state index contributed by atoms with van der Waals surface area (Å²) in [6.07, 6.45) is 21.2. The summed E-state index contributed by atoms with van der Waals surface area (Å²) >= 11 is 0. The molecule has 0 rings (SSSR count). The SMILES string of the molecule is CCCCCCCCCCCC(=O)OCC(C)(COC(=O)CCCCCCCCCCC)NC(=O)OC(C)(C)C. The minimum atomic E-state index is -1.08. The summed E-state index contributed by atoms with van der Waals surface area (Å²) in [4.78, 5) is 37.2. The normalized spacial score (nSPS) is 11.8. The predicted molar refractivity (Wildman–Crippen MR) is 163 cm³/mol. The maximum Gasteiger partial charge on any atom is 0.408 e. The standard InChI is InChI=1S/C33H63NO6/c1-7-9-11-13-15-17-19-21-23-25-29(35)38-27-33(6,34-31(37)40-32(3,4)5)28-39-30(36)26-24-22-20-18-16-14-12-10-8-2/h7-28H2,1-6H3,(H,34,37). The topological polar surface area (TPSA) is 90.9 Å². The molecule has 0 aromatic heterocycles. The zero-order valence-corrected chi connectivity index (χ0v) is 27.0. The fraction of sp³-hybridized carbons (Fsp3) is 0.909. The van der Waals surface area contributed by atoms with Crippen LogP contribution in [-0.4, -0.2) is 42.4 Å². The van der Waals surface area contributed by atoms with E-state index in [1.165, 1.54) is 77.0 Å². The van der Waals surface area contributed by atoms with Gasteiger partial charge in [0.05, 0.1) is 0 Å². The van der Waals surface area contributed by atoms with Crippen LogP contribution in [0.25, 0.3) is 0 Å². The van der Waals surface area contributed by atoms with Crippen molar-refractivity contribution in [1.29, 1.82) is 0 Å². The van der Waals surface area contributed by atoms with Gasteiger partial charge in [0, 0.05) is 12.8 Å². The average Bonchev–Trinajstić information content (AvgIpc) is 2.88. The summed E-state index contributed by atoms with van der Waals surface area (Å²) in [6, 6.07) is 0. The van der Waals surface area contributed by atoms with E-state index in [0.29, 0.717) is 12.8 Å². The van der Waals surface area contributed by atoms with Crippen LogP contribution in [0.3, 0.4) is 0 Å². The molecule has 7 nitrogen and oxygen atoms in total. The van der Waals surface area contributed by atoms with Crippen molar-refractivity contribution in [2.45, 2.75) is 181 Å². The summed E-state index contributed by atoms with van der Waals surface area (Å²) < 4.78 is 16.4. The van der Waals surface area contributed by atoms with Crippen LogP contribution in [0.5, 0.6) is 0 Å². The molecule has 0 aliphatic rings. The highest BCUT2D eigenvalue weighted by atomic mass is 16.6. The van der Waals surface area contributed by atoms with Gasteiger partial charge in [0.15, 0.2) is 0 Å². The number of carbonyl (C=O) groups is 3. The van der Waals surface area contributed by atoms with Gasteiger partial charge in [-0.3, -0.25) is 9.59 Å². The lowest BCUT2D eigenvalue weighted by Gasteiger charge is -2.31. The third kappa shape index (κ3) is 25.2. The monoisotopic (exact) mass is 569 g/mol. The molecule has 0 saturated carbocycles. The van der Waals surface area contributed by atoms with Crippen molar-refractivity contribution in [2.75, 3.05) is 13.2 Å². The van der Waals surface area contributed by atoms with Crippen LogP contribution >= 0.6 is 0 Å². The second kappa shape index (κ2) is 23.9.